The molecule has 2 aromatic carbocycles. The van der Waals surface area contributed by atoms with Gasteiger partial charge >= 0.3 is 12.1 Å². The lowest BCUT2D eigenvalue weighted by atomic mass is 10.0. The number of hydrogen-bond acceptors (Lipinski definition) is 5. The molecule has 0 atom stereocenters. The van der Waals surface area contributed by atoms with E-state index in [2.05, 4.69) is 15.5 Å². The van der Waals surface area contributed by atoms with Gasteiger partial charge in [0.2, 0.25) is 0 Å². The molecule has 0 bridgehead atoms. The van der Waals surface area contributed by atoms with E-state index < -0.39 is 6.09 Å². The van der Waals surface area contributed by atoms with Crippen LogP contribution in [0, 0.1) is 0 Å². The van der Waals surface area contributed by atoms with Crippen LogP contribution in [0.4, 0.5) is 15.3 Å². The molecule has 0 spiro atoms. The fourth-order valence-corrected chi connectivity index (χ4v) is 4.98. The minimum atomic E-state index is -0.399. The normalized spacial score (nSPS) is 17.0. The molecule has 3 amide bonds. The number of urea groups is 1. The van der Waals surface area contributed by atoms with Gasteiger partial charge in [-0.25, -0.2) is 9.59 Å². The van der Waals surface area contributed by atoms with Crippen molar-refractivity contribution in [2.24, 2.45) is 0 Å². The first-order chi connectivity index (χ1) is 17.6. The van der Waals surface area contributed by atoms with Gasteiger partial charge in [0.1, 0.15) is 6.10 Å². The Balaban J connectivity index is 1.15. The number of rotatable bonds is 11. The first kappa shape index (κ1) is 26.0. The van der Waals surface area contributed by atoms with Gasteiger partial charge in [-0.2, -0.15) is 0 Å². The third kappa shape index (κ3) is 7.21. The molecule has 8 heteroatoms. The van der Waals surface area contributed by atoms with Crippen molar-refractivity contribution in [2.75, 3.05) is 64.7 Å². The average molecular weight is 494 g/mol. The molecule has 2 aliphatic rings. The molecule has 8 nitrogen and oxygen atoms in total. The van der Waals surface area contributed by atoms with Crippen LogP contribution < -0.4 is 10.6 Å². The smallest absolute Gasteiger partial charge is 0.411 e. The first-order valence-electron chi connectivity index (χ1n) is 13.2. The van der Waals surface area contributed by atoms with Gasteiger partial charge in [-0.3, -0.25) is 5.32 Å². The van der Waals surface area contributed by atoms with E-state index in [1.54, 1.807) is 0 Å². The molecular weight excluding hydrogens is 454 g/mol. The number of carbonyl (C=O) groups is 2. The monoisotopic (exact) mass is 493 g/mol. The van der Waals surface area contributed by atoms with Crippen LogP contribution in [-0.2, 0) is 4.74 Å². The molecular formula is C28H39N5O3. The zero-order chi connectivity index (χ0) is 25.2. The standard InChI is InChI=1S/C28H39N5O3/c1-29-15-7-17-32-21-22-33(28(32)35)18-8-16-31-19-13-24(14-20-31)36-27(34)30-26-12-6-5-11-25(26)23-9-3-2-4-10-23/h2-6,9-12,24,29H,7-8,13-22H2,1H3,(H,30,34). The van der Waals surface area contributed by atoms with Gasteiger partial charge in [0, 0.05) is 44.8 Å². The summed E-state index contributed by atoms with van der Waals surface area (Å²) < 4.78 is 5.75. The number of piperidine rings is 1. The number of para-hydroxylation sites is 1. The molecule has 2 fully saturated rings. The molecule has 2 saturated heterocycles. The number of nitrogens with one attached hydrogen (secondary N) is 2. The number of ether oxygens (including phenoxy) is 1. The highest BCUT2D eigenvalue weighted by molar-refractivity contribution is 5.91. The number of hydrogen-bond donors (Lipinski definition) is 2. The molecule has 0 aliphatic carbocycles. The van der Waals surface area contributed by atoms with Crippen LogP contribution >= 0.6 is 0 Å². The molecule has 0 aromatic heterocycles. The van der Waals surface area contributed by atoms with Gasteiger partial charge in [0.15, 0.2) is 0 Å². The second kappa shape index (κ2) is 13.3. The number of carbonyl (C=O) groups excluding carboxylic acids is 2. The van der Waals surface area contributed by atoms with E-state index in [1.165, 1.54) is 0 Å². The maximum Gasteiger partial charge on any atom is 0.411 e. The first-order valence-corrected chi connectivity index (χ1v) is 13.2. The zero-order valence-electron chi connectivity index (χ0n) is 21.3. The maximum atomic E-state index is 12.6. The number of likely N-dealkylation sites (tertiary alicyclic amines) is 1. The number of anilines is 1. The summed E-state index contributed by atoms with van der Waals surface area (Å²) in [6.45, 7) is 7.01. The predicted molar refractivity (Wildman–Crippen MR) is 143 cm³/mol. The number of amides is 3. The number of nitrogens with zero attached hydrogens (tertiary/aromatic N) is 3. The lowest BCUT2D eigenvalue weighted by molar-refractivity contribution is 0.0581. The van der Waals surface area contributed by atoms with E-state index in [9.17, 15) is 9.59 Å². The van der Waals surface area contributed by atoms with E-state index in [-0.39, 0.29) is 12.1 Å². The Morgan fingerprint density at radius 2 is 1.56 bits per heavy atom. The van der Waals surface area contributed by atoms with E-state index in [0.717, 1.165) is 94.9 Å². The summed E-state index contributed by atoms with van der Waals surface area (Å²) in [7, 11) is 1.94. The van der Waals surface area contributed by atoms with Crippen LogP contribution in [-0.4, -0.2) is 92.3 Å². The Labute approximate surface area is 214 Å². The summed E-state index contributed by atoms with van der Waals surface area (Å²) in [5.74, 6) is 0. The Hall–Kier alpha value is -3.10. The van der Waals surface area contributed by atoms with E-state index in [4.69, 9.17) is 4.74 Å². The molecule has 194 valence electrons. The topological polar surface area (TPSA) is 77.2 Å². The van der Waals surface area contributed by atoms with Crippen molar-refractivity contribution in [2.45, 2.75) is 31.8 Å². The predicted octanol–water partition coefficient (Wildman–Crippen LogP) is 4.10. The Morgan fingerprint density at radius 3 is 2.28 bits per heavy atom. The highest BCUT2D eigenvalue weighted by Gasteiger charge is 2.28. The quantitative estimate of drug-likeness (QED) is 0.461. The molecule has 2 aromatic rings. The fourth-order valence-electron chi connectivity index (χ4n) is 4.98. The summed E-state index contributed by atoms with van der Waals surface area (Å²) in [5, 5.41) is 6.07. The molecule has 2 heterocycles. The fraction of sp³-hybridized carbons (Fsp3) is 0.500. The van der Waals surface area contributed by atoms with Gasteiger partial charge in [0.25, 0.3) is 0 Å². The zero-order valence-corrected chi connectivity index (χ0v) is 21.3. The molecule has 0 radical (unpaired) electrons. The Bertz CT molecular complexity index is 978. The van der Waals surface area contributed by atoms with Crippen molar-refractivity contribution < 1.29 is 14.3 Å². The van der Waals surface area contributed by atoms with Crippen molar-refractivity contribution in [1.82, 2.24) is 20.0 Å². The van der Waals surface area contributed by atoms with Crippen LogP contribution in [0.1, 0.15) is 25.7 Å². The second-order valence-corrected chi connectivity index (χ2v) is 9.55. The van der Waals surface area contributed by atoms with Crippen LogP contribution in [0.5, 0.6) is 0 Å². The third-order valence-corrected chi connectivity index (χ3v) is 6.99. The highest BCUT2D eigenvalue weighted by atomic mass is 16.6. The molecule has 36 heavy (non-hydrogen) atoms. The second-order valence-electron chi connectivity index (χ2n) is 9.55. The van der Waals surface area contributed by atoms with Gasteiger partial charge < -0.3 is 24.8 Å². The largest absolute Gasteiger partial charge is 0.446 e. The molecule has 2 aliphatic heterocycles. The summed E-state index contributed by atoms with van der Waals surface area (Å²) in [6.07, 6.45) is 3.15. The van der Waals surface area contributed by atoms with Crippen molar-refractivity contribution >= 4 is 17.8 Å². The van der Waals surface area contributed by atoms with Gasteiger partial charge in [-0.15, -0.1) is 0 Å². The van der Waals surface area contributed by atoms with Gasteiger partial charge in [0.05, 0.1) is 5.69 Å². The van der Waals surface area contributed by atoms with E-state index in [0.29, 0.717) is 0 Å². The van der Waals surface area contributed by atoms with Gasteiger partial charge in [-0.05, 0) is 57.5 Å². The molecule has 0 saturated carbocycles. The van der Waals surface area contributed by atoms with Crippen molar-refractivity contribution in [3.8, 4) is 11.1 Å². The Morgan fingerprint density at radius 1 is 0.889 bits per heavy atom. The molecule has 4 rings (SSSR count). The van der Waals surface area contributed by atoms with Crippen molar-refractivity contribution in [3.05, 3.63) is 54.6 Å². The minimum absolute atomic E-state index is 0.0727. The van der Waals surface area contributed by atoms with Crippen LogP contribution in [0.25, 0.3) is 11.1 Å². The van der Waals surface area contributed by atoms with Crippen molar-refractivity contribution in [1.29, 1.82) is 0 Å². The summed E-state index contributed by atoms with van der Waals surface area (Å²) in [5.41, 5.74) is 2.78. The van der Waals surface area contributed by atoms with Gasteiger partial charge in [-0.1, -0.05) is 48.5 Å². The summed E-state index contributed by atoms with van der Waals surface area (Å²) in [6, 6.07) is 18.0. The Kier molecular flexibility index (Phi) is 9.58. The summed E-state index contributed by atoms with van der Waals surface area (Å²) >= 11 is 0. The molecule has 2 N–H and O–H groups in total. The lowest BCUT2D eigenvalue weighted by Crippen LogP contribution is -2.40. The molecule has 0 unspecified atom stereocenters. The van der Waals surface area contributed by atoms with E-state index in [1.807, 2.05) is 71.4 Å². The summed E-state index contributed by atoms with van der Waals surface area (Å²) in [4.78, 5) is 31.5. The maximum absolute atomic E-state index is 12.6. The van der Waals surface area contributed by atoms with E-state index >= 15 is 0 Å². The lowest BCUT2D eigenvalue weighted by Gasteiger charge is -2.32. The van der Waals surface area contributed by atoms with Crippen LogP contribution in [0.15, 0.2) is 54.6 Å². The minimum Gasteiger partial charge on any atom is -0.446 e. The SMILES string of the molecule is CNCCCN1CCN(CCCN2CCC(OC(=O)Nc3ccccc3-c3ccccc3)CC2)C1=O. The van der Waals surface area contributed by atoms with Crippen molar-refractivity contribution in [3.63, 3.8) is 0 Å². The highest BCUT2D eigenvalue weighted by Crippen LogP contribution is 2.28. The van der Waals surface area contributed by atoms with Crippen LogP contribution in [0.2, 0.25) is 0 Å². The number of benzene rings is 2. The average Bonchev–Trinajstić information content (AvgIpc) is 3.25. The van der Waals surface area contributed by atoms with Crippen LogP contribution in [0.3, 0.4) is 0 Å². The third-order valence-electron chi connectivity index (χ3n) is 6.99.